The van der Waals surface area contributed by atoms with Gasteiger partial charge in [0.1, 0.15) is 5.75 Å². The van der Waals surface area contributed by atoms with E-state index in [2.05, 4.69) is 40.4 Å². The molecule has 0 saturated carbocycles. The van der Waals surface area contributed by atoms with Gasteiger partial charge in [-0.05, 0) is 66.7 Å². The molecule has 0 aliphatic carbocycles. The van der Waals surface area contributed by atoms with Crippen LogP contribution in [0.4, 0.5) is 5.69 Å². The minimum absolute atomic E-state index is 0.249. The highest BCUT2D eigenvalue weighted by molar-refractivity contribution is 9.10. The fourth-order valence-corrected chi connectivity index (χ4v) is 2.31. The van der Waals surface area contributed by atoms with Gasteiger partial charge in [0.25, 0.3) is 5.91 Å². The largest absolute Gasteiger partial charge is 0.493 e. The van der Waals surface area contributed by atoms with Crippen molar-refractivity contribution in [3.63, 3.8) is 0 Å². The topological polar surface area (TPSA) is 50.4 Å². The third-order valence-corrected chi connectivity index (χ3v) is 3.76. The van der Waals surface area contributed by atoms with Crippen LogP contribution in [0, 0.1) is 5.92 Å². The van der Waals surface area contributed by atoms with E-state index in [0.29, 0.717) is 18.1 Å². The number of carbonyl (C=O) groups is 1. The number of benzene rings is 2. The number of hydrogen-bond acceptors (Lipinski definition) is 3. The van der Waals surface area contributed by atoms with Gasteiger partial charge >= 0.3 is 0 Å². The number of anilines is 1. The number of carbonyl (C=O) groups excluding carboxylic acids is 1. The van der Waals surface area contributed by atoms with E-state index in [1.54, 1.807) is 24.3 Å². The first-order valence-corrected chi connectivity index (χ1v) is 8.75. The second-order valence-corrected chi connectivity index (χ2v) is 6.97. The lowest BCUT2D eigenvalue weighted by Crippen LogP contribution is -2.34. The Morgan fingerprint density at radius 1 is 1.12 bits per heavy atom. The zero-order valence-corrected chi connectivity index (χ0v) is 15.9. The first-order chi connectivity index (χ1) is 11.4. The molecular weight excluding hydrogens is 388 g/mol. The van der Waals surface area contributed by atoms with Crippen LogP contribution in [-0.4, -0.2) is 17.6 Å². The molecule has 0 aromatic heterocycles. The molecule has 2 N–H and O–H groups in total. The van der Waals surface area contributed by atoms with E-state index in [9.17, 15) is 4.79 Å². The molecule has 0 radical (unpaired) electrons. The first kappa shape index (κ1) is 18.4. The Hall–Kier alpha value is -1.92. The maximum Gasteiger partial charge on any atom is 0.257 e. The lowest BCUT2D eigenvalue weighted by atomic mass is 10.2. The summed E-state index contributed by atoms with van der Waals surface area (Å²) in [5.74, 6) is 1.03. The summed E-state index contributed by atoms with van der Waals surface area (Å²) in [5.41, 5.74) is 1.33. The van der Waals surface area contributed by atoms with Gasteiger partial charge in [-0.15, -0.1) is 0 Å². The minimum atomic E-state index is -0.253. The van der Waals surface area contributed by atoms with Gasteiger partial charge in [-0.3, -0.25) is 10.1 Å². The highest BCUT2D eigenvalue weighted by Crippen LogP contribution is 2.16. The number of thiocarbonyl (C=S) groups is 1. The molecule has 0 aliphatic heterocycles. The molecular formula is C18H19BrN2O2S. The average molecular weight is 407 g/mol. The Morgan fingerprint density at radius 2 is 1.75 bits per heavy atom. The second-order valence-electron chi connectivity index (χ2n) is 5.64. The predicted octanol–water partition coefficient (Wildman–Crippen LogP) is 4.61. The smallest absolute Gasteiger partial charge is 0.257 e. The highest BCUT2D eigenvalue weighted by Gasteiger charge is 2.08. The van der Waals surface area contributed by atoms with Crippen LogP contribution in [0.1, 0.15) is 24.2 Å². The maximum atomic E-state index is 12.1. The quantitative estimate of drug-likeness (QED) is 0.711. The number of nitrogens with one attached hydrogen (secondary N) is 2. The van der Waals surface area contributed by atoms with Gasteiger partial charge in [0.05, 0.1) is 6.61 Å². The fraction of sp³-hybridized carbons (Fsp3) is 0.222. The summed E-state index contributed by atoms with van der Waals surface area (Å²) in [7, 11) is 0. The lowest BCUT2D eigenvalue weighted by Gasteiger charge is -2.11. The van der Waals surface area contributed by atoms with Crippen LogP contribution in [0.25, 0.3) is 0 Å². The molecule has 2 aromatic rings. The van der Waals surface area contributed by atoms with Crippen LogP contribution in [0.15, 0.2) is 53.0 Å². The van der Waals surface area contributed by atoms with Gasteiger partial charge in [-0.25, -0.2) is 0 Å². The zero-order valence-electron chi connectivity index (χ0n) is 13.5. The summed E-state index contributed by atoms with van der Waals surface area (Å²) >= 11 is 8.51. The van der Waals surface area contributed by atoms with Crippen molar-refractivity contribution in [1.29, 1.82) is 0 Å². The van der Waals surface area contributed by atoms with Crippen LogP contribution in [-0.2, 0) is 0 Å². The number of halogens is 1. The summed E-state index contributed by atoms with van der Waals surface area (Å²) in [6, 6.07) is 14.5. The van der Waals surface area contributed by atoms with E-state index in [-0.39, 0.29) is 11.0 Å². The molecule has 24 heavy (non-hydrogen) atoms. The van der Waals surface area contributed by atoms with E-state index in [0.717, 1.165) is 15.9 Å². The van der Waals surface area contributed by atoms with Crippen molar-refractivity contribution in [3.05, 3.63) is 58.6 Å². The van der Waals surface area contributed by atoms with Crippen LogP contribution in [0.2, 0.25) is 0 Å². The van der Waals surface area contributed by atoms with Gasteiger partial charge < -0.3 is 10.1 Å². The third kappa shape index (κ3) is 5.94. The van der Waals surface area contributed by atoms with Gasteiger partial charge in [0.15, 0.2) is 5.11 Å². The van der Waals surface area contributed by atoms with E-state index >= 15 is 0 Å². The van der Waals surface area contributed by atoms with Crippen molar-refractivity contribution in [3.8, 4) is 5.75 Å². The molecule has 6 heteroatoms. The van der Waals surface area contributed by atoms with Gasteiger partial charge in [0.2, 0.25) is 0 Å². The number of amides is 1. The lowest BCUT2D eigenvalue weighted by molar-refractivity contribution is 0.0977. The Morgan fingerprint density at radius 3 is 2.33 bits per heavy atom. The molecule has 0 bridgehead atoms. The van der Waals surface area contributed by atoms with Crippen molar-refractivity contribution < 1.29 is 9.53 Å². The molecule has 0 heterocycles. The molecule has 0 unspecified atom stereocenters. The molecule has 0 fully saturated rings. The number of hydrogen-bond donors (Lipinski definition) is 2. The van der Waals surface area contributed by atoms with E-state index in [4.69, 9.17) is 17.0 Å². The van der Waals surface area contributed by atoms with Crippen LogP contribution < -0.4 is 15.4 Å². The third-order valence-electron chi connectivity index (χ3n) is 3.03. The molecule has 0 atom stereocenters. The van der Waals surface area contributed by atoms with Gasteiger partial charge in [0, 0.05) is 15.7 Å². The van der Waals surface area contributed by atoms with Gasteiger partial charge in [-0.1, -0.05) is 29.8 Å². The monoisotopic (exact) mass is 406 g/mol. The summed E-state index contributed by atoms with van der Waals surface area (Å²) in [6.07, 6.45) is 0. The summed E-state index contributed by atoms with van der Waals surface area (Å²) in [4.78, 5) is 12.1. The Balaban J connectivity index is 1.87. The van der Waals surface area contributed by atoms with Crippen LogP contribution in [0.5, 0.6) is 5.75 Å². The minimum Gasteiger partial charge on any atom is -0.493 e. The average Bonchev–Trinajstić information content (AvgIpc) is 2.54. The molecule has 2 rings (SSSR count). The van der Waals surface area contributed by atoms with E-state index in [1.807, 2.05) is 24.3 Å². The summed E-state index contributed by atoms with van der Waals surface area (Å²) < 4.78 is 6.54. The first-order valence-electron chi connectivity index (χ1n) is 7.55. The molecule has 4 nitrogen and oxygen atoms in total. The molecule has 2 aromatic carbocycles. The number of ether oxygens (including phenoxy) is 1. The fourth-order valence-electron chi connectivity index (χ4n) is 1.84. The molecule has 0 spiro atoms. The van der Waals surface area contributed by atoms with Gasteiger partial charge in [-0.2, -0.15) is 0 Å². The van der Waals surface area contributed by atoms with Crippen molar-refractivity contribution >= 4 is 44.9 Å². The van der Waals surface area contributed by atoms with Crippen LogP contribution in [0.3, 0.4) is 0 Å². The molecule has 0 aliphatic rings. The Bertz CT molecular complexity index is 700. The predicted molar refractivity (Wildman–Crippen MR) is 105 cm³/mol. The second kappa shape index (κ2) is 8.80. The molecule has 1 amide bonds. The Kier molecular flexibility index (Phi) is 6.75. The standard InChI is InChI=1S/C18H19BrN2O2S/c1-12(2)11-23-16-9-7-15(8-10-16)20-18(24)21-17(22)13-3-5-14(19)6-4-13/h3-10,12H,11H2,1-2H3,(H2,20,21,22,24). The number of rotatable bonds is 5. The SMILES string of the molecule is CC(C)COc1ccc(NC(=S)NC(=O)c2ccc(Br)cc2)cc1. The maximum absolute atomic E-state index is 12.1. The van der Waals surface area contributed by atoms with Crippen molar-refractivity contribution in [2.24, 2.45) is 5.92 Å². The van der Waals surface area contributed by atoms with E-state index < -0.39 is 0 Å². The summed E-state index contributed by atoms with van der Waals surface area (Å²) in [6.45, 7) is 4.87. The molecule has 0 saturated heterocycles. The zero-order chi connectivity index (χ0) is 17.5. The summed E-state index contributed by atoms with van der Waals surface area (Å²) in [5, 5.41) is 5.88. The van der Waals surface area contributed by atoms with E-state index in [1.165, 1.54) is 0 Å². The molecule has 126 valence electrons. The van der Waals surface area contributed by atoms with Crippen molar-refractivity contribution in [2.45, 2.75) is 13.8 Å². The Labute approximate surface area is 155 Å². The van der Waals surface area contributed by atoms with Crippen molar-refractivity contribution in [2.75, 3.05) is 11.9 Å². The highest BCUT2D eigenvalue weighted by atomic mass is 79.9. The van der Waals surface area contributed by atoms with Crippen molar-refractivity contribution in [1.82, 2.24) is 5.32 Å². The van der Waals surface area contributed by atoms with Crippen LogP contribution >= 0.6 is 28.1 Å². The normalized spacial score (nSPS) is 10.3.